The lowest BCUT2D eigenvalue weighted by Gasteiger charge is -2.13. The summed E-state index contributed by atoms with van der Waals surface area (Å²) in [7, 11) is 0. The fourth-order valence-corrected chi connectivity index (χ4v) is 2.02. The first-order chi connectivity index (χ1) is 8.06. The van der Waals surface area contributed by atoms with Crippen molar-refractivity contribution in [3.8, 4) is 0 Å². The molecule has 1 nitrogen and oxygen atoms in total. The Kier molecular flexibility index (Phi) is 6.06. The van der Waals surface area contributed by atoms with Gasteiger partial charge in [0.25, 0.3) is 0 Å². The molecule has 1 atom stereocenters. The van der Waals surface area contributed by atoms with E-state index in [1.165, 1.54) is 12.1 Å². The van der Waals surface area contributed by atoms with Crippen LogP contribution in [0.2, 0.25) is 0 Å². The van der Waals surface area contributed by atoms with Crippen molar-refractivity contribution in [1.82, 2.24) is 5.32 Å². The van der Waals surface area contributed by atoms with E-state index in [4.69, 9.17) is 0 Å². The van der Waals surface area contributed by atoms with Crippen molar-refractivity contribution in [1.29, 1.82) is 0 Å². The highest BCUT2D eigenvalue weighted by Gasteiger charge is 2.13. The van der Waals surface area contributed by atoms with Crippen molar-refractivity contribution in [3.63, 3.8) is 0 Å². The summed E-state index contributed by atoms with van der Waals surface area (Å²) in [5.41, 5.74) is 0.171. The predicted octanol–water partition coefficient (Wildman–Crippen LogP) is 4.05. The molecular formula is C13H18BrF2N. The number of benzene rings is 1. The summed E-state index contributed by atoms with van der Waals surface area (Å²) in [4.78, 5) is 0. The van der Waals surface area contributed by atoms with Crippen LogP contribution in [0.15, 0.2) is 16.6 Å². The molecule has 0 radical (unpaired) electrons. The molecule has 4 heteroatoms. The fraction of sp³-hybridized carbons (Fsp3) is 0.538. The Morgan fingerprint density at radius 1 is 1.35 bits per heavy atom. The van der Waals surface area contributed by atoms with Gasteiger partial charge in [0.05, 0.1) is 4.47 Å². The topological polar surface area (TPSA) is 12.0 Å². The summed E-state index contributed by atoms with van der Waals surface area (Å²) in [6.07, 6.45) is 2.20. The van der Waals surface area contributed by atoms with Gasteiger partial charge in [0, 0.05) is 11.6 Å². The van der Waals surface area contributed by atoms with Crippen LogP contribution in [-0.2, 0) is 6.42 Å². The fourth-order valence-electron chi connectivity index (χ4n) is 1.65. The third kappa shape index (κ3) is 4.36. The highest BCUT2D eigenvalue weighted by molar-refractivity contribution is 9.10. The van der Waals surface area contributed by atoms with E-state index in [2.05, 4.69) is 28.2 Å². The van der Waals surface area contributed by atoms with Gasteiger partial charge in [-0.3, -0.25) is 0 Å². The zero-order valence-electron chi connectivity index (χ0n) is 10.2. The quantitative estimate of drug-likeness (QED) is 0.782. The van der Waals surface area contributed by atoms with Crippen LogP contribution < -0.4 is 5.32 Å². The van der Waals surface area contributed by atoms with Crippen molar-refractivity contribution in [2.24, 2.45) is 0 Å². The van der Waals surface area contributed by atoms with Crippen LogP contribution in [0.3, 0.4) is 0 Å². The van der Waals surface area contributed by atoms with E-state index in [9.17, 15) is 8.78 Å². The molecule has 0 aromatic heterocycles. The second-order valence-corrected chi connectivity index (χ2v) is 5.07. The van der Waals surface area contributed by atoms with E-state index < -0.39 is 11.6 Å². The van der Waals surface area contributed by atoms with Gasteiger partial charge < -0.3 is 5.32 Å². The van der Waals surface area contributed by atoms with Crippen LogP contribution >= 0.6 is 15.9 Å². The average molecular weight is 306 g/mol. The van der Waals surface area contributed by atoms with Crippen LogP contribution in [0.25, 0.3) is 0 Å². The van der Waals surface area contributed by atoms with Crippen molar-refractivity contribution in [2.45, 2.75) is 39.2 Å². The molecule has 17 heavy (non-hydrogen) atoms. The van der Waals surface area contributed by atoms with Crippen molar-refractivity contribution in [2.75, 3.05) is 6.54 Å². The van der Waals surface area contributed by atoms with Gasteiger partial charge in [-0.05, 0) is 60.8 Å². The first-order valence-electron chi connectivity index (χ1n) is 5.92. The number of hydrogen-bond acceptors (Lipinski definition) is 1. The molecule has 1 aromatic carbocycles. The minimum absolute atomic E-state index is 0.171. The van der Waals surface area contributed by atoms with Crippen LogP contribution in [0.5, 0.6) is 0 Å². The highest BCUT2D eigenvalue weighted by Crippen LogP contribution is 2.22. The molecule has 1 aromatic rings. The van der Waals surface area contributed by atoms with E-state index in [-0.39, 0.29) is 11.6 Å². The van der Waals surface area contributed by atoms with Crippen molar-refractivity contribution >= 4 is 15.9 Å². The maximum Gasteiger partial charge on any atom is 0.143 e. The van der Waals surface area contributed by atoms with Crippen molar-refractivity contribution < 1.29 is 8.78 Å². The summed E-state index contributed by atoms with van der Waals surface area (Å²) < 4.78 is 27.4. The second-order valence-electron chi connectivity index (χ2n) is 4.22. The number of hydrogen-bond donors (Lipinski definition) is 1. The van der Waals surface area contributed by atoms with Gasteiger partial charge in [-0.15, -0.1) is 0 Å². The molecule has 96 valence electrons. The molecule has 0 amide bonds. The Balaban J connectivity index is 2.60. The summed E-state index contributed by atoms with van der Waals surface area (Å²) in [5.74, 6) is -0.943. The largest absolute Gasteiger partial charge is 0.314 e. The van der Waals surface area contributed by atoms with Gasteiger partial charge in [0.1, 0.15) is 11.6 Å². The summed E-state index contributed by atoms with van der Waals surface area (Å²) in [6, 6.07) is 2.97. The standard InChI is InChI=1S/C13H18BrF2N/c1-3-8-17-9(2)4-5-10-12(15)7-6-11(14)13(10)16/h6-7,9,17H,3-5,8H2,1-2H3. The van der Waals surface area contributed by atoms with Gasteiger partial charge in [0.15, 0.2) is 0 Å². The maximum atomic E-state index is 13.7. The molecule has 0 bridgehead atoms. The number of nitrogens with one attached hydrogen (secondary N) is 1. The molecule has 0 aliphatic heterocycles. The predicted molar refractivity (Wildman–Crippen MR) is 70.1 cm³/mol. The summed E-state index contributed by atoms with van der Waals surface area (Å²) in [6.45, 7) is 5.06. The Morgan fingerprint density at radius 3 is 2.71 bits per heavy atom. The van der Waals surface area contributed by atoms with Gasteiger partial charge in [0.2, 0.25) is 0 Å². The molecule has 0 spiro atoms. The van der Waals surface area contributed by atoms with Crippen LogP contribution in [0.1, 0.15) is 32.3 Å². The summed E-state index contributed by atoms with van der Waals surface area (Å²) >= 11 is 3.07. The lowest BCUT2D eigenvalue weighted by molar-refractivity contribution is 0.491. The Labute approximate surface area is 110 Å². The SMILES string of the molecule is CCCNC(C)CCc1c(F)ccc(Br)c1F. The van der Waals surface area contributed by atoms with Crippen LogP contribution in [0, 0.1) is 11.6 Å². The molecule has 1 rings (SSSR count). The Bertz CT molecular complexity index is 369. The third-order valence-electron chi connectivity index (χ3n) is 2.71. The first kappa shape index (κ1) is 14.6. The molecule has 0 saturated carbocycles. The lowest BCUT2D eigenvalue weighted by atomic mass is 10.0. The van der Waals surface area contributed by atoms with E-state index in [1.54, 1.807) is 0 Å². The average Bonchev–Trinajstić information content (AvgIpc) is 2.31. The highest BCUT2D eigenvalue weighted by atomic mass is 79.9. The first-order valence-corrected chi connectivity index (χ1v) is 6.71. The van der Waals surface area contributed by atoms with E-state index in [0.717, 1.165) is 19.4 Å². The van der Waals surface area contributed by atoms with Crippen LogP contribution in [-0.4, -0.2) is 12.6 Å². The van der Waals surface area contributed by atoms with Gasteiger partial charge in [-0.2, -0.15) is 0 Å². The summed E-state index contributed by atoms with van der Waals surface area (Å²) in [5, 5.41) is 3.30. The lowest BCUT2D eigenvalue weighted by Crippen LogP contribution is -2.27. The number of halogens is 3. The zero-order valence-corrected chi connectivity index (χ0v) is 11.8. The molecular weight excluding hydrogens is 288 g/mol. The molecule has 0 saturated heterocycles. The minimum atomic E-state index is -0.479. The molecule has 0 aliphatic rings. The van der Waals surface area contributed by atoms with E-state index in [0.29, 0.717) is 10.9 Å². The van der Waals surface area contributed by atoms with Gasteiger partial charge in [-0.1, -0.05) is 6.92 Å². The molecule has 0 aliphatic carbocycles. The van der Waals surface area contributed by atoms with Gasteiger partial charge >= 0.3 is 0 Å². The minimum Gasteiger partial charge on any atom is -0.314 e. The van der Waals surface area contributed by atoms with Crippen LogP contribution in [0.4, 0.5) is 8.78 Å². The number of rotatable bonds is 6. The van der Waals surface area contributed by atoms with Crippen molar-refractivity contribution in [3.05, 3.63) is 33.8 Å². The molecule has 1 N–H and O–H groups in total. The maximum absolute atomic E-state index is 13.7. The molecule has 0 fully saturated rings. The zero-order chi connectivity index (χ0) is 12.8. The normalized spacial score (nSPS) is 12.8. The second kappa shape index (κ2) is 7.07. The van der Waals surface area contributed by atoms with E-state index in [1.807, 2.05) is 6.92 Å². The smallest absolute Gasteiger partial charge is 0.143 e. The van der Waals surface area contributed by atoms with Gasteiger partial charge in [-0.25, -0.2) is 8.78 Å². The Morgan fingerprint density at radius 2 is 2.06 bits per heavy atom. The third-order valence-corrected chi connectivity index (χ3v) is 3.32. The van der Waals surface area contributed by atoms with E-state index >= 15 is 0 Å². The molecule has 1 unspecified atom stereocenters. The monoisotopic (exact) mass is 305 g/mol. The molecule has 0 heterocycles. The Hall–Kier alpha value is -0.480.